The molecule has 0 fully saturated rings. The van der Waals surface area contributed by atoms with Crippen LogP contribution in [-0.4, -0.2) is 57.8 Å². The lowest BCUT2D eigenvalue weighted by molar-refractivity contribution is 0.180. The lowest BCUT2D eigenvalue weighted by Crippen LogP contribution is -2.41. The van der Waals surface area contributed by atoms with Crippen molar-refractivity contribution in [3.63, 3.8) is 0 Å². The van der Waals surface area contributed by atoms with Crippen LogP contribution < -0.4 is 10.6 Å². The Hall–Kier alpha value is -1.59. The molecule has 0 aliphatic carbocycles. The molecule has 0 bridgehead atoms. The molecule has 5 heteroatoms. The maximum absolute atomic E-state index is 5.08. The Morgan fingerprint density at radius 2 is 2.00 bits per heavy atom. The Labute approximate surface area is 141 Å². The van der Waals surface area contributed by atoms with Crippen molar-refractivity contribution in [2.24, 2.45) is 4.99 Å². The normalized spacial score (nSPS) is 11.8. The first-order valence-electron chi connectivity index (χ1n) is 8.41. The third-order valence-corrected chi connectivity index (χ3v) is 3.69. The highest BCUT2D eigenvalue weighted by atomic mass is 16.5. The van der Waals surface area contributed by atoms with Crippen molar-refractivity contribution in [2.75, 3.05) is 46.9 Å². The van der Waals surface area contributed by atoms with E-state index in [9.17, 15) is 0 Å². The molecule has 1 aromatic rings. The number of likely N-dealkylation sites (N-methyl/N-ethyl adjacent to an activating group) is 1. The van der Waals surface area contributed by atoms with Gasteiger partial charge in [0.05, 0.1) is 6.54 Å². The van der Waals surface area contributed by atoms with Crippen LogP contribution in [-0.2, 0) is 11.3 Å². The highest BCUT2D eigenvalue weighted by molar-refractivity contribution is 5.79. The molecular weight excluding hydrogens is 288 g/mol. The quantitative estimate of drug-likeness (QED) is 0.393. The number of guanidine groups is 1. The Bertz CT molecular complexity index is 462. The average Bonchev–Trinajstić information content (AvgIpc) is 2.54. The predicted molar refractivity (Wildman–Crippen MR) is 98.0 cm³/mol. The Morgan fingerprint density at radius 1 is 1.22 bits per heavy atom. The van der Waals surface area contributed by atoms with E-state index >= 15 is 0 Å². The van der Waals surface area contributed by atoms with Crippen LogP contribution in [0, 0.1) is 6.92 Å². The van der Waals surface area contributed by atoms with E-state index in [-0.39, 0.29) is 0 Å². The summed E-state index contributed by atoms with van der Waals surface area (Å²) in [5, 5.41) is 6.70. The van der Waals surface area contributed by atoms with Crippen LogP contribution in [0.2, 0.25) is 0 Å². The molecule has 0 saturated heterocycles. The SMILES string of the molecule is CCNC(=NCc1ccccc1C)NCCN(C)CCCOC. The van der Waals surface area contributed by atoms with Crippen LogP contribution in [0.5, 0.6) is 0 Å². The van der Waals surface area contributed by atoms with Crippen molar-refractivity contribution >= 4 is 5.96 Å². The highest BCUT2D eigenvalue weighted by Gasteiger charge is 2.01. The van der Waals surface area contributed by atoms with Gasteiger partial charge < -0.3 is 20.3 Å². The van der Waals surface area contributed by atoms with E-state index in [0.29, 0.717) is 6.54 Å². The van der Waals surface area contributed by atoms with Gasteiger partial charge in [0.2, 0.25) is 0 Å². The molecule has 0 aromatic heterocycles. The standard InChI is InChI=1S/C18H32N4O/c1-5-19-18(20-11-13-22(3)12-8-14-23-4)21-15-17-10-7-6-9-16(17)2/h6-7,9-10H,5,8,11-15H2,1-4H3,(H2,19,20,21). The van der Waals surface area contributed by atoms with Crippen molar-refractivity contribution < 1.29 is 4.74 Å². The summed E-state index contributed by atoms with van der Waals surface area (Å²) in [6.45, 7) is 9.50. The Balaban J connectivity index is 2.39. The van der Waals surface area contributed by atoms with E-state index in [0.717, 1.165) is 45.2 Å². The number of ether oxygens (including phenoxy) is 1. The molecule has 1 rings (SSSR count). The molecular formula is C18H32N4O. The lowest BCUT2D eigenvalue weighted by Gasteiger charge is -2.18. The predicted octanol–water partition coefficient (Wildman–Crippen LogP) is 2.02. The number of rotatable bonds is 10. The van der Waals surface area contributed by atoms with Crippen molar-refractivity contribution in [1.29, 1.82) is 0 Å². The second-order valence-corrected chi connectivity index (χ2v) is 5.70. The average molecular weight is 320 g/mol. The summed E-state index contributed by atoms with van der Waals surface area (Å²) < 4.78 is 5.08. The zero-order valence-electron chi connectivity index (χ0n) is 15.1. The monoisotopic (exact) mass is 320 g/mol. The summed E-state index contributed by atoms with van der Waals surface area (Å²) in [6.07, 6.45) is 1.06. The summed E-state index contributed by atoms with van der Waals surface area (Å²) in [4.78, 5) is 6.98. The smallest absolute Gasteiger partial charge is 0.191 e. The Morgan fingerprint density at radius 3 is 2.70 bits per heavy atom. The van der Waals surface area contributed by atoms with Gasteiger partial charge >= 0.3 is 0 Å². The fraction of sp³-hybridized carbons (Fsp3) is 0.611. The minimum Gasteiger partial charge on any atom is -0.385 e. The van der Waals surface area contributed by atoms with Gasteiger partial charge in [-0.05, 0) is 38.4 Å². The largest absolute Gasteiger partial charge is 0.385 e. The van der Waals surface area contributed by atoms with Crippen molar-refractivity contribution in [3.8, 4) is 0 Å². The minimum atomic E-state index is 0.700. The fourth-order valence-corrected chi connectivity index (χ4v) is 2.25. The van der Waals surface area contributed by atoms with Gasteiger partial charge in [-0.1, -0.05) is 24.3 Å². The van der Waals surface area contributed by atoms with Crippen molar-refractivity contribution in [1.82, 2.24) is 15.5 Å². The number of nitrogens with zero attached hydrogens (tertiary/aromatic N) is 2. The molecule has 2 N–H and O–H groups in total. The second kappa shape index (κ2) is 11.9. The molecule has 23 heavy (non-hydrogen) atoms. The molecule has 0 unspecified atom stereocenters. The summed E-state index contributed by atoms with van der Waals surface area (Å²) in [7, 11) is 3.88. The van der Waals surface area contributed by atoms with Crippen LogP contribution in [0.1, 0.15) is 24.5 Å². The molecule has 0 heterocycles. The maximum Gasteiger partial charge on any atom is 0.191 e. The van der Waals surface area contributed by atoms with Crippen LogP contribution in [0.25, 0.3) is 0 Å². The van der Waals surface area contributed by atoms with Crippen molar-refractivity contribution in [2.45, 2.75) is 26.8 Å². The number of aryl methyl sites for hydroxylation is 1. The number of methoxy groups -OCH3 is 1. The van der Waals surface area contributed by atoms with E-state index in [2.05, 4.69) is 65.7 Å². The van der Waals surface area contributed by atoms with Crippen molar-refractivity contribution in [3.05, 3.63) is 35.4 Å². The van der Waals surface area contributed by atoms with Gasteiger partial charge in [-0.25, -0.2) is 4.99 Å². The van der Waals surface area contributed by atoms with E-state index in [1.165, 1.54) is 11.1 Å². The van der Waals surface area contributed by atoms with Gasteiger partial charge in [-0.2, -0.15) is 0 Å². The van der Waals surface area contributed by atoms with E-state index < -0.39 is 0 Å². The van der Waals surface area contributed by atoms with E-state index in [1.54, 1.807) is 7.11 Å². The summed E-state index contributed by atoms with van der Waals surface area (Å²) in [6, 6.07) is 8.38. The molecule has 0 aliphatic rings. The zero-order valence-corrected chi connectivity index (χ0v) is 15.1. The number of hydrogen-bond donors (Lipinski definition) is 2. The third kappa shape index (κ3) is 8.57. The minimum absolute atomic E-state index is 0.700. The van der Waals surface area contributed by atoms with Gasteiger partial charge in [0.25, 0.3) is 0 Å². The summed E-state index contributed by atoms with van der Waals surface area (Å²) in [5.74, 6) is 0.876. The molecule has 130 valence electrons. The fourth-order valence-electron chi connectivity index (χ4n) is 2.25. The molecule has 1 aromatic carbocycles. The maximum atomic E-state index is 5.08. The summed E-state index contributed by atoms with van der Waals surface area (Å²) in [5.41, 5.74) is 2.55. The summed E-state index contributed by atoms with van der Waals surface area (Å²) >= 11 is 0. The number of benzene rings is 1. The molecule has 0 radical (unpaired) electrons. The molecule has 0 spiro atoms. The van der Waals surface area contributed by atoms with Gasteiger partial charge in [-0.15, -0.1) is 0 Å². The van der Waals surface area contributed by atoms with Crippen LogP contribution in [0.3, 0.4) is 0 Å². The van der Waals surface area contributed by atoms with Crippen LogP contribution in [0.15, 0.2) is 29.3 Å². The van der Waals surface area contributed by atoms with E-state index in [1.807, 2.05) is 0 Å². The van der Waals surface area contributed by atoms with Gasteiger partial charge in [0.15, 0.2) is 5.96 Å². The van der Waals surface area contributed by atoms with Crippen LogP contribution in [0.4, 0.5) is 0 Å². The molecule has 0 aliphatic heterocycles. The van der Waals surface area contributed by atoms with Gasteiger partial charge in [0.1, 0.15) is 0 Å². The van der Waals surface area contributed by atoms with Gasteiger partial charge in [0, 0.05) is 39.9 Å². The molecule has 0 atom stereocenters. The first kappa shape index (κ1) is 19.5. The molecule has 5 nitrogen and oxygen atoms in total. The number of hydrogen-bond acceptors (Lipinski definition) is 3. The van der Waals surface area contributed by atoms with Gasteiger partial charge in [-0.3, -0.25) is 0 Å². The molecule has 0 amide bonds. The first-order valence-corrected chi connectivity index (χ1v) is 8.41. The second-order valence-electron chi connectivity index (χ2n) is 5.70. The van der Waals surface area contributed by atoms with E-state index in [4.69, 9.17) is 4.74 Å². The Kier molecular flexibility index (Phi) is 10.1. The number of nitrogens with one attached hydrogen (secondary N) is 2. The number of aliphatic imine (C=N–C) groups is 1. The topological polar surface area (TPSA) is 48.9 Å². The lowest BCUT2D eigenvalue weighted by atomic mass is 10.1. The third-order valence-electron chi connectivity index (χ3n) is 3.69. The molecule has 0 saturated carbocycles. The zero-order chi connectivity index (χ0) is 16.9. The highest BCUT2D eigenvalue weighted by Crippen LogP contribution is 2.07. The van der Waals surface area contributed by atoms with Crippen LogP contribution >= 0.6 is 0 Å². The first-order chi connectivity index (χ1) is 11.2.